The summed E-state index contributed by atoms with van der Waals surface area (Å²) in [6, 6.07) is 16.0. The number of carbonyl (C=O) groups excluding carboxylic acids is 2. The second-order valence-corrected chi connectivity index (χ2v) is 9.90. The highest BCUT2D eigenvalue weighted by atomic mass is 32.2. The molecule has 2 heterocycles. The van der Waals surface area contributed by atoms with Crippen molar-refractivity contribution in [3.63, 3.8) is 0 Å². The molecule has 8 heteroatoms. The second kappa shape index (κ2) is 11.5. The third-order valence-corrected chi connectivity index (χ3v) is 6.70. The van der Waals surface area contributed by atoms with Crippen LogP contribution in [0.4, 0.5) is 5.69 Å². The summed E-state index contributed by atoms with van der Waals surface area (Å²) >= 11 is 1.24. The van der Waals surface area contributed by atoms with Crippen molar-refractivity contribution in [3.8, 4) is 22.5 Å². The molecule has 35 heavy (non-hydrogen) atoms. The van der Waals surface area contributed by atoms with E-state index in [1.165, 1.54) is 18.4 Å². The van der Waals surface area contributed by atoms with Gasteiger partial charge < -0.3 is 9.62 Å². The number of unbranched alkanes of at least 4 members (excludes halogenated alkanes) is 1. The number of hydrogen-bond acceptors (Lipinski definition) is 5. The first-order valence-corrected chi connectivity index (χ1v) is 13.5. The van der Waals surface area contributed by atoms with E-state index in [1.54, 1.807) is 11.2 Å². The molecule has 0 fully saturated rings. The largest absolute Gasteiger partial charge is 0.307 e. The van der Waals surface area contributed by atoms with Gasteiger partial charge in [0.1, 0.15) is 5.69 Å². The monoisotopic (exact) mass is 491 g/mol. The molecule has 1 N–H and O–H groups in total. The lowest BCUT2D eigenvalue weighted by molar-refractivity contribution is -0.124. The third kappa shape index (κ3) is 5.75. The van der Waals surface area contributed by atoms with E-state index < -0.39 is 0 Å². The number of anilines is 1. The summed E-state index contributed by atoms with van der Waals surface area (Å²) in [5.74, 6) is 0.455. The van der Waals surface area contributed by atoms with Crippen molar-refractivity contribution in [2.24, 2.45) is 5.92 Å². The van der Waals surface area contributed by atoms with Gasteiger partial charge in [0, 0.05) is 36.8 Å². The quantitative estimate of drug-likeness (QED) is 0.318. The molecule has 2 amide bonds. The van der Waals surface area contributed by atoms with E-state index in [1.807, 2.05) is 41.1 Å². The molecule has 0 atom stereocenters. The van der Waals surface area contributed by atoms with Crippen LogP contribution in [0.3, 0.4) is 0 Å². The molecule has 0 saturated heterocycles. The van der Waals surface area contributed by atoms with Crippen molar-refractivity contribution in [2.75, 3.05) is 11.2 Å². The van der Waals surface area contributed by atoms with Crippen LogP contribution in [0, 0.1) is 5.92 Å². The number of benzene rings is 2. The number of nitrogens with one attached hydrogen (secondary N) is 1. The van der Waals surface area contributed by atoms with Crippen LogP contribution in [0.2, 0.25) is 0 Å². The number of hydrogen-bond donors (Lipinski definition) is 1. The van der Waals surface area contributed by atoms with E-state index >= 15 is 0 Å². The maximum atomic E-state index is 13.4. The summed E-state index contributed by atoms with van der Waals surface area (Å²) in [7, 11) is 0. The zero-order valence-corrected chi connectivity index (χ0v) is 21.5. The lowest BCUT2D eigenvalue weighted by atomic mass is 9.95. The van der Waals surface area contributed by atoms with Crippen molar-refractivity contribution < 1.29 is 9.59 Å². The molecule has 1 aliphatic rings. The Labute approximate surface area is 211 Å². The Bertz CT molecular complexity index is 1190. The van der Waals surface area contributed by atoms with Crippen LogP contribution in [-0.4, -0.2) is 33.1 Å². The Hall–Kier alpha value is -3.13. The van der Waals surface area contributed by atoms with E-state index in [2.05, 4.69) is 41.0 Å². The smallest absolute Gasteiger partial charge is 0.230 e. The highest BCUT2D eigenvalue weighted by Crippen LogP contribution is 2.41. The van der Waals surface area contributed by atoms with Gasteiger partial charge in [-0.15, -0.1) is 5.10 Å². The fourth-order valence-corrected chi connectivity index (χ4v) is 4.86. The van der Waals surface area contributed by atoms with Crippen LogP contribution in [-0.2, 0) is 22.7 Å². The van der Waals surface area contributed by atoms with Crippen LogP contribution >= 0.6 is 11.9 Å². The van der Waals surface area contributed by atoms with Crippen LogP contribution < -0.4 is 9.62 Å². The van der Waals surface area contributed by atoms with Gasteiger partial charge in [-0.2, -0.15) is 0 Å². The average molecular weight is 492 g/mol. The van der Waals surface area contributed by atoms with Crippen molar-refractivity contribution >= 4 is 29.4 Å². The highest BCUT2D eigenvalue weighted by molar-refractivity contribution is 7.97. The summed E-state index contributed by atoms with van der Waals surface area (Å²) in [6.07, 6.45) is 5.47. The molecule has 0 aliphatic carbocycles. The highest BCUT2D eigenvalue weighted by Gasteiger charge is 2.29. The molecule has 3 aromatic rings. The number of aromatic nitrogens is 3. The van der Waals surface area contributed by atoms with Gasteiger partial charge in [0.2, 0.25) is 11.8 Å². The molecule has 1 aliphatic heterocycles. The summed E-state index contributed by atoms with van der Waals surface area (Å²) in [6.45, 7) is 5.73. The normalized spacial score (nSPS) is 12.4. The van der Waals surface area contributed by atoms with E-state index in [4.69, 9.17) is 0 Å². The molecule has 7 nitrogen and oxygen atoms in total. The Balaban J connectivity index is 1.72. The molecule has 0 unspecified atom stereocenters. The van der Waals surface area contributed by atoms with Crippen molar-refractivity contribution in [3.05, 3.63) is 54.1 Å². The molecule has 0 radical (unpaired) electrons. The molecule has 0 bridgehead atoms. The van der Waals surface area contributed by atoms with E-state index in [9.17, 15) is 9.59 Å². The molecule has 1 aromatic heterocycles. The Morgan fingerprint density at radius 3 is 2.54 bits per heavy atom. The topological polar surface area (TPSA) is 80.1 Å². The minimum absolute atomic E-state index is 0.0898. The number of aryl methyl sites for hydroxylation is 1. The Morgan fingerprint density at radius 1 is 1.03 bits per heavy atom. The molecule has 0 saturated carbocycles. The molecular formula is C27H33N5O2S. The zero-order chi connectivity index (χ0) is 24.8. The molecule has 2 aromatic carbocycles. The second-order valence-electron chi connectivity index (χ2n) is 9.28. The maximum Gasteiger partial charge on any atom is 0.230 e. The van der Waals surface area contributed by atoms with Crippen LogP contribution in [0.25, 0.3) is 22.5 Å². The first kappa shape index (κ1) is 25.0. The van der Waals surface area contributed by atoms with Gasteiger partial charge in [0.15, 0.2) is 0 Å². The van der Waals surface area contributed by atoms with Crippen LogP contribution in [0.15, 0.2) is 48.5 Å². The van der Waals surface area contributed by atoms with Crippen LogP contribution in [0.1, 0.15) is 51.5 Å². The predicted octanol–water partition coefficient (Wildman–Crippen LogP) is 5.46. The average Bonchev–Trinajstić information content (AvgIpc) is 3.26. The Morgan fingerprint density at radius 2 is 1.77 bits per heavy atom. The summed E-state index contributed by atoms with van der Waals surface area (Å²) in [5.41, 5.74) is 5.55. The number of nitrogens with zero attached hydrogens (tertiary/aromatic N) is 4. The summed E-state index contributed by atoms with van der Waals surface area (Å²) < 4.78 is 4.71. The number of amides is 2. The molecule has 184 valence electrons. The van der Waals surface area contributed by atoms with Gasteiger partial charge in [0.25, 0.3) is 0 Å². The van der Waals surface area contributed by atoms with E-state index in [0.29, 0.717) is 12.5 Å². The Kier molecular flexibility index (Phi) is 8.23. The number of fused-ring (bicyclic) bond motifs is 5. The van der Waals surface area contributed by atoms with Gasteiger partial charge >= 0.3 is 0 Å². The zero-order valence-electron chi connectivity index (χ0n) is 20.7. The number of rotatable bonds is 9. The lowest BCUT2D eigenvalue weighted by Gasteiger charge is -2.28. The SMILES string of the molecule is CSNC(=O)CCC(=O)N1Cc2ccccc2-c2c(nnn2CCCCC(C)C)-c2ccccc21. The molecule has 4 rings (SSSR count). The first-order chi connectivity index (χ1) is 17.0. The fraction of sp³-hybridized carbons (Fsp3) is 0.407. The number of para-hydroxylation sites is 1. The third-order valence-electron chi connectivity index (χ3n) is 6.27. The van der Waals surface area contributed by atoms with Gasteiger partial charge in [0.05, 0.1) is 17.9 Å². The molecular weight excluding hydrogens is 458 g/mol. The summed E-state index contributed by atoms with van der Waals surface area (Å²) in [5, 5.41) is 9.17. The number of carbonyl (C=O) groups is 2. The predicted molar refractivity (Wildman–Crippen MR) is 142 cm³/mol. The van der Waals surface area contributed by atoms with Crippen molar-refractivity contribution in [1.29, 1.82) is 0 Å². The van der Waals surface area contributed by atoms with Gasteiger partial charge in [-0.25, -0.2) is 4.68 Å². The van der Waals surface area contributed by atoms with Gasteiger partial charge in [-0.05, 0) is 24.0 Å². The lowest BCUT2D eigenvalue weighted by Crippen LogP contribution is -2.32. The molecule has 0 spiro atoms. The minimum Gasteiger partial charge on any atom is -0.307 e. The summed E-state index contributed by atoms with van der Waals surface area (Å²) in [4.78, 5) is 27.2. The minimum atomic E-state index is -0.144. The van der Waals surface area contributed by atoms with Crippen molar-refractivity contribution in [1.82, 2.24) is 19.7 Å². The van der Waals surface area contributed by atoms with Gasteiger partial charge in [-0.1, -0.05) is 86.3 Å². The maximum absolute atomic E-state index is 13.4. The van der Waals surface area contributed by atoms with Crippen molar-refractivity contribution in [2.45, 2.75) is 59.0 Å². The van der Waals surface area contributed by atoms with E-state index in [0.717, 1.165) is 53.2 Å². The standard InChI is InChI=1S/C27H33N5O2S/c1-19(2)10-8-9-17-32-27-21-12-5-4-11-20(21)18-31(25(34)16-15-24(33)29-35-3)23-14-7-6-13-22(23)26(27)28-30-32/h4-7,11-14,19H,8-10,15-18H2,1-3H3,(H,29,33). The fourth-order valence-electron chi connectivity index (χ4n) is 4.53. The van der Waals surface area contributed by atoms with Crippen LogP contribution in [0.5, 0.6) is 0 Å². The van der Waals surface area contributed by atoms with E-state index in [-0.39, 0.29) is 24.7 Å². The first-order valence-electron chi connectivity index (χ1n) is 12.2. The van der Waals surface area contributed by atoms with Gasteiger partial charge in [-0.3, -0.25) is 9.59 Å².